The molecule has 0 aromatic carbocycles. The number of aliphatic carboxylic acids is 1. The molecule has 1 aliphatic heterocycles. The standard InChI is InChI=1S/C12H19NO4/c1-12(2)5-8(12)10(14)13-6-7-3-4-9(17-7)11(15)16/h7-9H,3-6H2,1-2H3,(H,13,14)(H,15,16). The molecular formula is C12H19NO4. The lowest BCUT2D eigenvalue weighted by Gasteiger charge is -2.12. The summed E-state index contributed by atoms with van der Waals surface area (Å²) in [5.41, 5.74) is 0.129. The number of carbonyl (C=O) groups excluding carboxylic acids is 1. The van der Waals surface area contributed by atoms with Crippen LogP contribution in [-0.2, 0) is 14.3 Å². The van der Waals surface area contributed by atoms with Crippen molar-refractivity contribution in [1.82, 2.24) is 5.32 Å². The largest absolute Gasteiger partial charge is 0.479 e. The fraction of sp³-hybridized carbons (Fsp3) is 0.833. The molecule has 3 unspecified atom stereocenters. The molecule has 0 spiro atoms. The van der Waals surface area contributed by atoms with E-state index in [1.807, 2.05) is 0 Å². The van der Waals surface area contributed by atoms with Gasteiger partial charge in [0.2, 0.25) is 5.91 Å². The first-order chi connectivity index (χ1) is 7.90. The zero-order chi connectivity index (χ0) is 12.6. The quantitative estimate of drug-likeness (QED) is 0.762. The summed E-state index contributed by atoms with van der Waals surface area (Å²) in [5.74, 6) is -0.737. The molecule has 0 radical (unpaired) electrons. The van der Waals surface area contributed by atoms with Crippen molar-refractivity contribution < 1.29 is 19.4 Å². The van der Waals surface area contributed by atoms with Crippen molar-refractivity contribution in [3.8, 4) is 0 Å². The van der Waals surface area contributed by atoms with Crippen LogP contribution < -0.4 is 5.32 Å². The molecule has 1 saturated carbocycles. The Balaban J connectivity index is 1.70. The Kier molecular flexibility index (Phi) is 3.12. The summed E-state index contributed by atoms with van der Waals surface area (Å²) in [6.07, 6.45) is 1.31. The van der Waals surface area contributed by atoms with Gasteiger partial charge in [-0.1, -0.05) is 13.8 Å². The fourth-order valence-corrected chi connectivity index (χ4v) is 2.29. The Morgan fingerprint density at radius 1 is 1.41 bits per heavy atom. The highest BCUT2D eigenvalue weighted by molar-refractivity contribution is 5.82. The number of carbonyl (C=O) groups is 2. The Labute approximate surface area is 101 Å². The first kappa shape index (κ1) is 12.4. The smallest absolute Gasteiger partial charge is 0.332 e. The molecule has 1 aliphatic carbocycles. The Hall–Kier alpha value is -1.10. The van der Waals surface area contributed by atoms with Crippen LogP contribution in [0.15, 0.2) is 0 Å². The molecule has 1 amide bonds. The van der Waals surface area contributed by atoms with E-state index in [2.05, 4.69) is 19.2 Å². The van der Waals surface area contributed by atoms with Gasteiger partial charge in [0.1, 0.15) is 0 Å². The highest BCUT2D eigenvalue weighted by Crippen LogP contribution is 2.51. The molecule has 0 bridgehead atoms. The van der Waals surface area contributed by atoms with Crippen LogP contribution >= 0.6 is 0 Å². The molecule has 2 rings (SSSR count). The number of ether oxygens (including phenoxy) is 1. The predicted octanol–water partition coefficient (Wildman–Crippen LogP) is 0.781. The highest BCUT2D eigenvalue weighted by atomic mass is 16.5. The van der Waals surface area contributed by atoms with Crippen molar-refractivity contribution in [2.45, 2.75) is 45.3 Å². The number of amides is 1. The number of hydrogen-bond acceptors (Lipinski definition) is 3. The minimum absolute atomic E-state index is 0.0670. The van der Waals surface area contributed by atoms with Gasteiger partial charge in [-0.2, -0.15) is 0 Å². The first-order valence-electron chi connectivity index (χ1n) is 6.06. The number of carboxylic acid groups (broad SMARTS) is 1. The van der Waals surface area contributed by atoms with Crippen LogP contribution in [0.3, 0.4) is 0 Å². The summed E-state index contributed by atoms with van der Waals surface area (Å²) in [5, 5.41) is 11.6. The van der Waals surface area contributed by atoms with Gasteiger partial charge in [-0.3, -0.25) is 4.79 Å². The Morgan fingerprint density at radius 3 is 2.53 bits per heavy atom. The first-order valence-corrected chi connectivity index (χ1v) is 6.06. The van der Waals surface area contributed by atoms with E-state index < -0.39 is 12.1 Å². The summed E-state index contributed by atoms with van der Waals surface area (Å²) in [7, 11) is 0. The molecule has 17 heavy (non-hydrogen) atoms. The van der Waals surface area contributed by atoms with Crippen LogP contribution in [0.5, 0.6) is 0 Å². The maximum atomic E-state index is 11.7. The monoisotopic (exact) mass is 241 g/mol. The van der Waals surface area contributed by atoms with Crippen LogP contribution in [0.25, 0.3) is 0 Å². The van der Waals surface area contributed by atoms with Gasteiger partial charge in [0.05, 0.1) is 6.10 Å². The molecule has 5 nitrogen and oxygen atoms in total. The zero-order valence-corrected chi connectivity index (χ0v) is 10.2. The average molecular weight is 241 g/mol. The SMILES string of the molecule is CC1(C)CC1C(=O)NCC1CCC(C(=O)O)O1. The molecule has 1 heterocycles. The second-order valence-corrected chi connectivity index (χ2v) is 5.65. The predicted molar refractivity (Wildman–Crippen MR) is 60.4 cm³/mol. The average Bonchev–Trinajstić information content (AvgIpc) is 2.71. The van der Waals surface area contributed by atoms with Gasteiger partial charge < -0.3 is 15.2 Å². The van der Waals surface area contributed by atoms with Crippen molar-refractivity contribution in [3.63, 3.8) is 0 Å². The number of carboxylic acids is 1. The third-order valence-electron chi connectivity index (χ3n) is 3.72. The van der Waals surface area contributed by atoms with Gasteiger partial charge in [-0.05, 0) is 24.7 Å². The molecule has 96 valence electrons. The highest BCUT2D eigenvalue weighted by Gasteiger charge is 2.50. The molecule has 0 aromatic heterocycles. The van der Waals surface area contributed by atoms with Gasteiger partial charge >= 0.3 is 5.97 Å². The third kappa shape index (κ3) is 2.77. The fourth-order valence-electron chi connectivity index (χ4n) is 2.29. The van der Waals surface area contributed by atoms with Crippen LogP contribution in [-0.4, -0.2) is 35.7 Å². The van der Waals surface area contributed by atoms with E-state index in [0.29, 0.717) is 19.4 Å². The summed E-state index contributed by atoms with van der Waals surface area (Å²) in [6.45, 7) is 4.57. The number of nitrogens with one attached hydrogen (secondary N) is 1. The minimum atomic E-state index is -0.915. The molecular weight excluding hydrogens is 222 g/mol. The van der Waals surface area contributed by atoms with Crippen LogP contribution in [0.2, 0.25) is 0 Å². The van der Waals surface area contributed by atoms with Crippen molar-refractivity contribution in [2.24, 2.45) is 11.3 Å². The van der Waals surface area contributed by atoms with Gasteiger partial charge in [-0.25, -0.2) is 4.79 Å². The number of rotatable bonds is 4. The molecule has 0 aromatic rings. The van der Waals surface area contributed by atoms with E-state index in [-0.39, 0.29) is 23.3 Å². The van der Waals surface area contributed by atoms with Gasteiger partial charge in [-0.15, -0.1) is 0 Å². The maximum absolute atomic E-state index is 11.7. The zero-order valence-electron chi connectivity index (χ0n) is 10.2. The second kappa shape index (κ2) is 4.29. The lowest BCUT2D eigenvalue weighted by molar-refractivity contribution is -0.149. The topological polar surface area (TPSA) is 75.6 Å². The van der Waals surface area contributed by atoms with E-state index in [9.17, 15) is 9.59 Å². The minimum Gasteiger partial charge on any atom is -0.479 e. The van der Waals surface area contributed by atoms with E-state index in [1.54, 1.807) is 0 Å². The lowest BCUT2D eigenvalue weighted by atomic mass is 10.1. The van der Waals surface area contributed by atoms with Crippen molar-refractivity contribution in [2.75, 3.05) is 6.54 Å². The molecule has 1 saturated heterocycles. The normalized spacial score (nSPS) is 34.4. The van der Waals surface area contributed by atoms with E-state index in [0.717, 1.165) is 6.42 Å². The number of hydrogen-bond donors (Lipinski definition) is 2. The molecule has 3 atom stereocenters. The van der Waals surface area contributed by atoms with Gasteiger partial charge in [0, 0.05) is 12.5 Å². The van der Waals surface area contributed by atoms with Gasteiger partial charge in [0.15, 0.2) is 6.10 Å². The van der Waals surface area contributed by atoms with E-state index >= 15 is 0 Å². The third-order valence-corrected chi connectivity index (χ3v) is 3.72. The summed E-state index contributed by atoms with van der Waals surface area (Å²) in [6, 6.07) is 0. The Morgan fingerprint density at radius 2 is 2.06 bits per heavy atom. The van der Waals surface area contributed by atoms with Crippen molar-refractivity contribution in [3.05, 3.63) is 0 Å². The van der Waals surface area contributed by atoms with E-state index in [1.165, 1.54) is 0 Å². The molecule has 2 aliphatic rings. The summed E-state index contributed by atoms with van der Waals surface area (Å²) < 4.78 is 5.31. The van der Waals surface area contributed by atoms with E-state index in [4.69, 9.17) is 9.84 Å². The van der Waals surface area contributed by atoms with Gasteiger partial charge in [0.25, 0.3) is 0 Å². The Bertz CT molecular complexity index is 339. The summed E-state index contributed by atoms with van der Waals surface area (Å²) >= 11 is 0. The van der Waals surface area contributed by atoms with Crippen LogP contribution in [0, 0.1) is 11.3 Å². The van der Waals surface area contributed by atoms with Crippen molar-refractivity contribution >= 4 is 11.9 Å². The second-order valence-electron chi connectivity index (χ2n) is 5.65. The lowest BCUT2D eigenvalue weighted by Crippen LogP contribution is -2.34. The van der Waals surface area contributed by atoms with Crippen LogP contribution in [0.4, 0.5) is 0 Å². The molecule has 5 heteroatoms. The maximum Gasteiger partial charge on any atom is 0.332 e. The molecule has 2 N–H and O–H groups in total. The molecule has 2 fully saturated rings. The summed E-state index contributed by atoms with van der Waals surface area (Å²) in [4.78, 5) is 22.4. The van der Waals surface area contributed by atoms with Crippen molar-refractivity contribution in [1.29, 1.82) is 0 Å². The van der Waals surface area contributed by atoms with Crippen LogP contribution in [0.1, 0.15) is 33.1 Å².